The minimum absolute atomic E-state index is 0.0358. The summed E-state index contributed by atoms with van der Waals surface area (Å²) in [6.07, 6.45) is 2.76. The number of rotatable bonds is 0. The van der Waals surface area contributed by atoms with Crippen LogP contribution in [0.1, 0.15) is 32.6 Å². The molecule has 3 N–H and O–H groups in total. The first kappa shape index (κ1) is 13.7. The monoisotopic (exact) mass is 329 g/mol. The highest BCUT2D eigenvalue weighted by Crippen LogP contribution is 2.86. The van der Waals surface area contributed by atoms with Gasteiger partial charge >= 0.3 is 0 Å². The molecule has 24 heavy (non-hydrogen) atoms. The van der Waals surface area contributed by atoms with Gasteiger partial charge in [0.1, 0.15) is 0 Å². The fourth-order valence-electron chi connectivity index (χ4n) is 10.7. The first-order chi connectivity index (χ1) is 11.4. The van der Waals surface area contributed by atoms with E-state index in [0.29, 0.717) is 18.0 Å². The average Bonchev–Trinajstić information content (AvgIpc) is 2.88. The summed E-state index contributed by atoms with van der Waals surface area (Å²) in [6.45, 7) is 7.72. The van der Waals surface area contributed by atoms with Crippen molar-refractivity contribution in [2.24, 2.45) is 39.9 Å². The van der Waals surface area contributed by atoms with Crippen molar-refractivity contribution in [3.8, 4) is 0 Å². The normalized spacial score (nSPS) is 76.1. The van der Waals surface area contributed by atoms with Crippen LogP contribution in [-0.4, -0.2) is 57.2 Å². The first-order valence-corrected chi connectivity index (χ1v) is 9.83. The Morgan fingerprint density at radius 3 is 2.67 bits per heavy atom. The Bertz CT molecular complexity index is 709. The summed E-state index contributed by atoms with van der Waals surface area (Å²) in [5.74, 6) is 1.02. The molecule has 3 heterocycles. The SMILES string of the molecule is C=C1C[C@@]23C[C@H]4[C@@H]5[C@@]6(C)C[C@H](O)C[C@@]57[C@@H]2[C@H](O)[C@@H]1[C@H](O)[C@@H]3[C@H]7N4C6. The van der Waals surface area contributed by atoms with Crippen LogP contribution in [-0.2, 0) is 0 Å². The summed E-state index contributed by atoms with van der Waals surface area (Å²) < 4.78 is 0. The molecule has 4 heteroatoms. The molecule has 0 aromatic heterocycles. The fraction of sp³-hybridized carbons (Fsp3) is 0.900. The lowest BCUT2D eigenvalue weighted by Crippen LogP contribution is -2.67. The van der Waals surface area contributed by atoms with Gasteiger partial charge in [-0.3, -0.25) is 4.90 Å². The Labute approximate surface area is 142 Å². The minimum atomic E-state index is -0.460. The van der Waals surface area contributed by atoms with Gasteiger partial charge in [-0.15, -0.1) is 0 Å². The molecule has 0 aromatic carbocycles. The van der Waals surface area contributed by atoms with Crippen molar-refractivity contribution in [3.63, 3.8) is 0 Å². The van der Waals surface area contributed by atoms with Gasteiger partial charge in [-0.2, -0.15) is 0 Å². The molecule has 13 atom stereocenters. The third-order valence-corrected chi connectivity index (χ3v) is 10.1. The molecule has 3 saturated heterocycles. The van der Waals surface area contributed by atoms with E-state index in [2.05, 4.69) is 18.4 Å². The number of aliphatic hydroxyl groups is 3. The Hall–Kier alpha value is -0.420. The Morgan fingerprint density at radius 1 is 1.08 bits per heavy atom. The molecular weight excluding hydrogens is 302 g/mol. The maximum Gasteiger partial charge on any atom is 0.0679 e. The molecule has 0 aromatic rings. The van der Waals surface area contributed by atoms with Gasteiger partial charge in [-0.05, 0) is 53.8 Å². The molecule has 9 rings (SSSR count). The van der Waals surface area contributed by atoms with Gasteiger partial charge in [0.25, 0.3) is 0 Å². The summed E-state index contributed by atoms with van der Waals surface area (Å²) in [5.41, 5.74) is 1.37. The summed E-state index contributed by atoms with van der Waals surface area (Å²) in [4.78, 5) is 2.73. The van der Waals surface area contributed by atoms with Crippen molar-refractivity contribution in [1.29, 1.82) is 0 Å². The Balaban J connectivity index is 1.54. The molecule has 6 saturated carbocycles. The molecule has 130 valence electrons. The lowest BCUT2D eigenvalue weighted by molar-refractivity contribution is -0.213. The van der Waals surface area contributed by atoms with E-state index < -0.39 is 12.2 Å². The van der Waals surface area contributed by atoms with E-state index in [1.807, 2.05) is 0 Å². The van der Waals surface area contributed by atoms with E-state index in [0.717, 1.165) is 37.8 Å². The van der Waals surface area contributed by atoms with E-state index >= 15 is 0 Å². The second-order valence-corrected chi connectivity index (χ2v) is 10.8. The van der Waals surface area contributed by atoms with Gasteiger partial charge in [-0.25, -0.2) is 0 Å². The summed E-state index contributed by atoms with van der Waals surface area (Å²) in [6, 6.07) is 0.999. The zero-order chi connectivity index (χ0) is 16.4. The van der Waals surface area contributed by atoms with E-state index in [-0.39, 0.29) is 40.1 Å². The fourth-order valence-corrected chi connectivity index (χ4v) is 10.7. The van der Waals surface area contributed by atoms with Crippen LogP contribution in [0.15, 0.2) is 12.2 Å². The smallest absolute Gasteiger partial charge is 0.0679 e. The molecule has 4 nitrogen and oxygen atoms in total. The highest BCUT2D eigenvalue weighted by molar-refractivity contribution is 5.43. The molecule has 3 aliphatic heterocycles. The van der Waals surface area contributed by atoms with Crippen molar-refractivity contribution < 1.29 is 15.3 Å². The van der Waals surface area contributed by atoms with Crippen LogP contribution < -0.4 is 0 Å². The molecule has 0 amide bonds. The predicted molar refractivity (Wildman–Crippen MR) is 86.8 cm³/mol. The number of aliphatic hydroxyl groups excluding tert-OH is 3. The zero-order valence-corrected chi connectivity index (χ0v) is 14.2. The van der Waals surface area contributed by atoms with Crippen molar-refractivity contribution in [3.05, 3.63) is 12.2 Å². The van der Waals surface area contributed by atoms with Crippen LogP contribution in [0.5, 0.6) is 0 Å². The molecule has 6 aliphatic carbocycles. The Morgan fingerprint density at radius 2 is 1.88 bits per heavy atom. The quantitative estimate of drug-likeness (QED) is 0.574. The predicted octanol–water partition coefficient (Wildman–Crippen LogP) is 0.764. The number of hydrogen-bond acceptors (Lipinski definition) is 4. The van der Waals surface area contributed by atoms with Crippen LogP contribution in [0.4, 0.5) is 0 Å². The topological polar surface area (TPSA) is 63.9 Å². The molecular formula is C20H27NO3. The molecule has 0 radical (unpaired) electrons. The van der Waals surface area contributed by atoms with Gasteiger partial charge in [0.05, 0.1) is 18.3 Å². The molecule has 1 unspecified atom stereocenters. The number of nitrogens with zero attached hydrogens (tertiary/aromatic N) is 1. The maximum atomic E-state index is 11.3. The Kier molecular flexibility index (Phi) is 1.95. The number of hydrogen-bond donors (Lipinski definition) is 3. The van der Waals surface area contributed by atoms with E-state index in [9.17, 15) is 15.3 Å². The number of fused-ring (bicyclic) bond motifs is 1. The highest BCUT2D eigenvalue weighted by atomic mass is 16.3. The average molecular weight is 329 g/mol. The standard InChI is InChI=1S/C20H27NO3/c1-8-3-19-6-10-15-18(2)4-9(22)5-20(15)16(19)14(24)11(8)13(23)12(19)17(20)21(10)7-18/h9-17,22-24H,1,3-7H2,2H3/t9-,10-,11-,12+,13-,14+,15+,16+,17+,18-,19-,20-/m0/s1. The zero-order valence-electron chi connectivity index (χ0n) is 14.2. The molecule has 9 fully saturated rings. The summed E-state index contributed by atoms with van der Waals surface area (Å²) in [5, 5.41) is 33.3. The molecule has 9 bridgehead atoms. The molecule has 9 aliphatic rings. The summed E-state index contributed by atoms with van der Waals surface area (Å²) in [7, 11) is 0. The van der Waals surface area contributed by atoms with E-state index in [4.69, 9.17) is 0 Å². The first-order valence-electron chi connectivity index (χ1n) is 9.83. The van der Waals surface area contributed by atoms with Crippen LogP contribution in [0.3, 0.4) is 0 Å². The number of piperidine rings is 2. The van der Waals surface area contributed by atoms with Gasteiger partial charge < -0.3 is 15.3 Å². The van der Waals surface area contributed by atoms with Gasteiger partial charge in [0, 0.05) is 30.5 Å². The largest absolute Gasteiger partial charge is 0.393 e. The lowest BCUT2D eigenvalue weighted by atomic mass is 9.39. The second kappa shape index (κ2) is 3.40. The van der Waals surface area contributed by atoms with Gasteiger partial charge in [-0.1, -0.05) is 19.1 Å². The van der Waals surface area contributed by atoms with Crippen LogP contribution in [0, 0.1) is 39.9 Å². The maximum absolute atomic E-state index is 11.3. The van der Waals surface area contributed by atoms with Crippen LogP contribution >= 0.6 is 0 Å². The van der Waals surface area contributed by atoms with Crippen molar-refractivity contribution >= 4 is 0 Å². The molecule has 2 spiro atoms. The third-order valence-electron chi connectivity index (χ3n) is 10.1. The van der Waals surface area contributed by atoms with Crippen LogP contribution in [0.25, 0.3) is 0 Å². The van der Waals surface area contributed by atoms with Crippen molar-refractivity contribution in [2.75, 3.05) is 6.54 Å². The van der Waals surface area contributed by atoms with Crippen molar-refractivity contribution in [1.82, 2.24) is 4.90 Å². The van der Waals surface area contributed by atoms with Crippen LogP contribution in [0.2, 0.25) is 0 Å². The van der Waals surface area contributed by atoms with E-state index in [1.54, 1.807) is 0 Å². The van der Waals surface area contributed by atoms with E-state index in [1.165, 1.54) is 0 Å². The highest BCUT2D eigenvalue weighted by Gasteiger charge is 2.90. The third kappa shape index (κ3) is 0.980. The lowest BCUT2D eigenvalue weighted by Gasteiger charge is -2.65. The second-order valence-electron chi connectivity index (χ2n) is 10.8. The van der Waals surface area contributed by atoms with Gasteiger partial charge in [0.15, 0.2) is 0 Å². The minimum Gasteiger partial charge on any atom is -0.393 e. The van der Waals surface area contributed by atoms with Crippen molar-refractivity contribution in [2.45, 2.75) is 63.0 Å². The summed E-state index contributed by atoms with van der Waals surface area (Å²) >= 11 is 0. The van der Waals surface area contributed by atoms with Gasteiger partial charge in [0.2, 0.25) is 0 Å².